The molecule has 0 atom stereocenters. The lowest BCUT2D eigenvalue weighted by atomic mass is 9.85. The van der Waals surface area contributed by atoms with Crippen LogP contribution in [0.1, 0.15) is 120 Å². The number of rotatable bonds is 16. The van der Waals surface area contributed by atoms with Crippen molar-refractivity contribution in [2.75, 3.05) is 42.7 Å². The van der Waals surface area contributed by atoms with E-state index in [2.05, 4.69) is 65.8 Å². The summed E-state index contributed by atoms with van der Waals surface area (Å²) in [5.74, 6) is 0. The molecule has 0 unspecified atom stereocenters. The summed E-state index contributed by atoms with van der Waals surface area (Å²) < 4.78 is 72.3. The molecular formula is C43H67F3O6S3. The summed E-state index contributed by atoms with van der Waals surface area (Å²) >= 11 is -5.33. The van der Waals surface area contributed by atoms with Crippen LogP contribution in [0.15, 0.2) is 51.1 Å². The highest BCUT2D eigenvalue weighted by Crippen LogP contribution is 2.63. The third kappa shape index (κ3) is 15.2. The van der Waals surface area contributed by atoms with E-state index in [9.17, 15) is 11.7 Å². The van der Waals surface area contributed by atoms with Crippen LogP contribution < -0.4 is 0 Å². The smallest absolute Gasteiger partial charge is 0.238 e. The maximum atomic E-state index is 13.4. The first-order chi connectivity index (χ1) is 25.1. The Kier molecular flexibility index (Phi) is 20.9. The molecule has 314 valence electrons. The van der Waals surface area contributed by atoms with Crippen LogP contribution in [0.2, 0.25) is 0 Å². The van der Waals surface area contributed by atoms with Gasteiger partial charge >= 0.3 is 0 Å². The Bertz CT molecular complexity index is 1480. The molecule has 0 amide bonds. The SMILES string of the molecule is C.COCc1cc(C(C)(C)C)cc(COC)c1S(F)(F)F.COCc1cc(C(C)(C)C)cc(COC)c1SSc1c(COC)cc(C(C)(C)C)cc1COC. The molecule has 0 bridgehead atoms. The van der Waals surface area contributed by atoms with Gasteiger partial charge in [0.2, 0.25) is 11.2 Å². The number of methoxy groups -OCH3 is 6. The molecule has 0 aliphatic heterocycles. The fourth-order valence-electron chi connectivity index (χ4n) is 5.73. The molecule has 12 heteroatoms. The Morgan fingerprint density at radius 1 is 0.418 bits per heavy atom. The van der Waals surface area contributed by atoms with E-state index < -0.39 is 16.1 Å². The molecule has 0 saturated heterocycles. The summed E-state index contributed by atoms with van der Waals surface area (Å²) in [5, 5.41) is 0. The summed E-state index contributed by atoms with van der Waals surface area (Å²) in [6, 6.07) is 12.3. The molecule has 0 aliphatic rings. The van der Waals surface area contributed by atoms with Gasteiger partial charge in [0.05, 0.1) is 44.5 Å². The molecule has 0 heterocycles. The van der Waals surface area contributed by atoms with Crippen LogP contribution in [-0.2, 0) is 84.3 Å². The van der Waals surface area contributed by atoms with Gasteiger partial charge in [0, 0.05) is 52.4 Å². The van der Waals surface area contributed by atoms with Crippen molar-refractivity contribution in [3.63, 3.8) is 0 Å². The number of hydrogen-bond acceptors (Lipinski definition) is 8. The standard InChI is InChI=1S/C28H42O4S2.C14H21F3O2S.CH4/c1-27(2,3)23-11-19(15-29-7)25(20(12-23)16-30-8)33-34-26-21(17-31-9)13-24(28(4,5)6)14-22(26)18-32-10;1-14(2,3)12-6-10(8-18-4)13(20(15,16)17)11(7-12)9-19-5;/h11-14H,15-18H2,1-10H3;6-7H,8-9H2,1-5H3;1H4. The fraction of sp³-hybridized carbons (Fsp3) is 0.581. The van der Waals surface area contributed by atoms with E-state index in [0.717, 1.165) is 5.56 Å². The van der Waals surface area contributed by atoms with Crippen LogP contribution >= 0.6 is 32.8 Å². The van der Waals surface area contributed by atoms with Gasteiger partial charge in [0.1, 0.15) is 0 Å². The molecule has 0 spiro atoms. The number of ether oxygens (including phenoxy) is 6. The van der Waals surface area contributed by atoms with E-state index in [1.807, 2.05) is 20.8 Å². The Morgan fingerprint density at radius 2 is 0.618 bits per heavy atom. The highest BCUT2D eigenvalue weighted by molar-refractivity contribution is 8.76. The minimum absolute atomic E-state index is 0. The first-order valence-corrected chi connectivity index (χ1v) is 21.2. The third-order valence-electron chi connectivity index (χ3n) is 8.57. The molecule has 3 rings (SSSR count). The average Bonchev–Trinajstić information content (AvgIpc) is 3.04. The van der Waals surface area contributed by atoms with Gasteiger partial charge in [0.25, 0.3) is 0 Å². The van der Waals surface area contributed by atoms with Gasteiger partial charge in [-0.15, -0.1) is 11.7 Å². The number of hydrogen-bond donors (Lipinski definition) is 0. The van der Waals surface area contributed by atoms with Gasteiger partial charge in [-0.3, -0.25) is 0 Å². The van der Waals surface area contributed by atoms with Crippen molar-refractivity contribution in [1.29, 1.82) is 0 Å². The minimum atomic E-state index is -5.33. The van der Waals surface area contributed by atoms with Crippen LogP contribution in [0.3, 0.4) is 0 Å². The fourth-order valence-corrected chi connectivity index (χ4v) is 9.41. The highest BCUT2D eigenvalue weighted by atomic mass is 33.1. The molecule has 6 nitrogen and oxygen atoms in total. The van der Waals surface area contributed by atoms with E-state index in [-0.39, 0.29) is 48.0 Å². The van der Waals surface area contributed by atoms with Gasteiger partial charge in [-0.2, -0.15) is 0 Å². The predicted molar refractivity (Wildman–Crippen MR) is 227 cm³/mol. The summed E-state index contributed by atoms with van der Waals surface area (Å²) in [4.78, 5) is 1.84. The zero-order chi connectivity index (χ0) is 41.1. The van der Waals surface area contributed by atoms with Crippen LogP contribution in [0.5, 0.6) is 0 Å². The van der Waals surface area contributed by atoms with E-state index in [0.29, 0.717) is 26.4 Å². The maximum absolute atomic E-state index is 13.4. The lowest BCUT2D eigenvalue weighted by Crippen LogP contribution is -2.14. The lowest BCUT2D eigenvalue weighted by molar-refractivity contribution is 0.175. The Labute approximate surface area is 340 Å². The Balaban J connectivity index is 0.000000615. The van der Waals surface area contributed by atoms with Crippen LogP contribution in [-0.4, -0.2) is 42.7 Å². The zero-order valence-electron chi connectivity index (χ0n) is 35.0. The monoisotopic (exact) mass is 832 g/mol. The molecule has 0 fully saturated rings. The second-order valence-corrected chi connectivity index (χ2v) is 19.7. The number of benzene rings is 3. The van der Waals surface area contributed by atoms with Crippen molar-refractivity contribution in [3.8, 4) is 0 Å². The molecule has 0 aromatic heterocycles. The molecule has 0 saturated carbocycles. The van der Waals surface area contributed by atoms with Crippen LogP contribution in [0.4, 0.5) is 11.7 Å². The topological polar surface area (TPSA) is 55.4 Å². The zero-order valence-corrected chi connectivity index (χ0v) is 37.5. The third-order valence-corrected chi connectivity index (χ3v) is 12.3. The van der Waals surface area contributed by atoms with Gasteiger partial charge in [0.15, 0.2) is 0 Å². The van der Waals surface area contributed by atoms with Crippen LogP contribution in [0.25, 0.3) is 0 Å². The van der Waals surface area contributed by atoms with E-state index >= 15 is 0 Å². The molecule has 0 N–H and O–H groups in total. The Morgan fingerprint density at radius 3 is 0.800 bits per heavy atom. The second-order valence-electron chi connectivity index (χ2n) is 16.3. The largest absolute Gasteiger partial charge is 0.380 e. The first kappa shape index (κ1) is 51.3. The minimum Gasteiger partial charge on any atom is -0.380 e. The molecule has 3 aromatic carbocycles. The molecule has 55 heavy (non-hydrogen) atoms. The average molecular weight is 833 g/mol. The number of halogens is 3. The summed E-state index contributed by atoms with van der Waals surface area (Å²) in [7, 11) is 13.3. The van der Waals surface area contributed by atoms with Crippen molar-refractivity contribution in [2.45, 2.75) is 140 Å². The van der Waals surface area contributed by atoms with Gasteiger partial charge in [-0.1, -0.05) is 128 Å². The van der Waals surface area contributed by atoms with E-state index in [1.54, 1.807) is 62.2 Å². The predicted octanol–water partition coefficient (Wildman–Crippen LogP) is 13.4. The molecule has 3 aromatic rings. The summed E-state index contributed by atoms with van der Waals surface area (Å²) in [5.41, 5.74) is 8.41. The normalized spacial score (nSPS) is 12.6. The van der Waals surface area contributed by atoms with Crippen molar-refractivity contribution in [2.24, 2.45) is 0 Å². The van der Waals surface area contributed by atoms with Gasteiger partial charge in [-0.25, -0.2) is 0 Å². The van der Waals surface area contributed by atoms with Crippen molar-refractivity contribution < 1.29 is 40.1 Å². The molecular weight excluding hydrogens is 766 g/mol. The quantitative estimate of drug-likeness (QED) is 0.132. The van der Waals surface area contributed by atoms with E-state index in [1.165, 1.54) is 57.4 Å². The first-order valence-electron chi connectivity index (χ1n) is 17.8. The van der Waals surface area contributed by atoms with Gasteiger partial charge in [-0.05, 0) is 66.3 Å². The highest BCUT2D eigenvalue weighted by Gasteiger charge is 2.33. The summed E-state index contributed by atoms with van der Waals surface area (Å²) in [6.07, 6.45) is 0. The second kappa shape index (κ2) is 22.4. The van der Waals surface area contributed by atoms with Crippen molar-refractivity contribution in [1.82, 2.24) is 0 Å². The Hall–Kier alpha value is -1.74. The van der Waals surface area contributed by atoms with Crippen molar-refractivity contribution >= 4 is 32.8 Å². The van der Waals surface area contributed by atoms with Gasteiger partial charge < -0.3 is 28.4 Å². The molecule has 0 radical (unpaired) electrons. The van der Waals surface area contributed by atoms with Crippen LogP contribution in [0, 0.1) is 0 Å². The van der Waals surface area contributed by atoms with E-state index in [4.69, 9.17) is 28.4 Å². The summed E-state index contributed by atoms with van der Waals surface area (Å²) in [6.45, 7) is 21.5. The van der Waals surface area contributed by atoms with Crippen molar-refractivity contribution in [3.05, 3.63) is 86.5 Å². The molecule has 0 aliphatic carbocycles. The lowest BCUT2D eigenvalue weighted by Gasteiger charge is -2.25. The maximum Gasteiger partial charge on any atom is 0.238 e.